The lowest BCUT2D eigenvalue weighted by atomic mass is 10.0. The van der Waals surface area contributed by atoms with Crippen LogP contribution in [0.5, 0.6) is 11.5 Å². The summed E-state index contributed by atoms with van der Waals surface area (Å²) in [6.07, 6.45) is 0. The number of hydrogen-bond donors (Lipinski definition) is 1. The lowest BCUT2D eigenvalue weighted by Gasteiger charge is -2.13. The second kappa shape index (κ2) is 8.75. The van der Waals surface area contributed by atoms with Crippen molar-refractivity contribution in [3.8, 4) is 23.0 Å². The normalized spacial score (nSPS) is 11.1. The number of aryl methyl sites for hydroxylation is 1. The maximum atomic E-state index is 13.0. The summed E-state index contributed by atoms with van der Waals surface area (Å²) < 4.78 is 16.6. The molecule has 4 aromatic rings. The van der Waals surface area contributed by atoms with E-state index in [0.717, 1.165) is 22.2 Å². The van der Waals surface area contributed by atoms with Gasteiger partial charge < -0.3 is 19.2 Å². The zero-order chi connectivity index (χ0) is 22.8. The van der Waals surface area contributed by atoms with Crippen LogP contribution in [0.4, 0.5) is 5.69 Å². The highest BCUT2D eigenvalue weighted by Gasteiger charge is 2.16. The van der Waals surface area contributed by atoms with Crippen molar-refractivity contribution in [2.75, 3.05) is 19.5 Å². The number of oxazole rings is 1. The number of hydrogen-bond acceptors (Lipinski definition) is 5. The smallest absolute Gasteiger partial charge is 0.259 e. The lowest BCUT2D eigenvalue weighted by molar-refractivity contribution is 0.102. The van der Waals surface area contributed by atoms with Gasteiger partial charge in [-0.1, -0.05) is 26.0 Å². The molecule has 0 fully saturated rings. The lowest BCUT2D eigenvalue weighted by Crippen LogP contribution is -2.14. The summed E-state index contributed by atoms with van der Waals surface area (Å²) in [5.74, 6) is 1.71. The maximum absolute atomic E-state index is 13.0. The molecule has 0 bridgehead atoms. The molecule has 1 amide bonds. The first kappa shape index (κ1) is 21.4. The number of ether oxygens (including phenoxy) is 2. The van der Waals surface area contributed by atoms with Crippen LogP contribution in [0.3, 0.4) is 0 Å². The molecule has 0 aliphatic carbocycles. The van der Waals surface area contributed by atoms with Gasteiger partial charge in [0.25, 0.3) is 5.91 Å². The molecular weight excluding hydrogens is 404 g/mol. The Kier molecular flexibility index (Phi) is 5.86. The van der Waals surface area contributed by atoms with Gasteiger partial charge in [-0.05, 0) is 60.4 Å². The first-order valence-electron chi connectivity index (χ1n) is 10.4. The number of rotatable bonds is 6. The summed E-state index contributed by atoms with van der Waals surface area (Å²) in [5, 5.41) is 2.98. The monoisotopic (exact) mass is 430 g/mol. The number of aromatic nitrogens is 1. The van der Waals surface area contributed by atoms with Crippen LogP contribution in [0.15, 0.2) is 59.0 Å². The number of fused-ring (bicyclic) bond motifs is 1. The summed E-state index contributed by atoms with van der Waals surface area (Å²) in [5.41, 5.74) is 5.57. The van der Waals surface area contributed by atoms with E-state index in [-0.39, 0.29) is 5.91 Å². The molecule has 0 aliphatic heterocycles. The van der Waals surface area contributed by atoms with Crippen LogP contribution in [-0.4, -0.2) is 25.1 Å². The first-order chi connectivity index (χ1) is 15.4. The van der Waals surface area contributed by atoms with Gasteiger partial charge in [0.05, 0.1) is 19.8 Å². The quantitative estimate of drug-likeness (QED) is 0.394. The van der Waals surface area contributed by atoms with Crippen molar-refractivity contribution < 1.29 is 18.7 Å². The van der Waals surface area contributed by atoms with Crippen molar-refractivity contribution in [1.29, 1.82) is 0 Å². The van der Waals surface area contributed by atoms with Gasteiger partial charge in [-0.25, -0.2) is 4.98 Å². The van der Waals surface area contributed by atoms with E-state index in [0.29, 0.717) is 34.6 Å². The molecule has 6 nitrogen and oxygen atoms in total. The van der Waals surface area contributed by atoms with Gasteiger partial charge in [0.15, 0.2) is 5.58 Å². The van der Waals surface area contributed by atoms with Crippen LogP contribution >= 0.6 is 0 Å². The van der Waals surface area contributed by atoms with E-state index in [1.165, 1.54) is 12.7 Å². The van der Waals surface area contributed by atoms with E-state index in [1.54, 1.807) is 25.3 Å². The molecule has 0 spiro atoms. The molecule has 0 saturated carbocycles. The molecule has 4 rings (SSSR count). The van der Waals surface area contributed by atoms with Crippen LogP contribution in [0, 0.1) is 6.92 Å². The Hall–Kier alpha value is -3.80. The van der Waals surface area contributed by atoms with Crippen molar-refractivity contribution >= 4 is 22.7 Å². The van der Waals surface area contributed by atoms with Crippen molar-refractivity contribution in [2.24, 2.45) is 0 Å². The number of carbonyl (C=O) groups is 1. The van der Waals surface area contributed by atoms with E-state index in [9.17, 15) is 4.79 Å². The predicted molar refractivity (Wildman–Crippen MR) is 126 cm³/mol. The number of amides is 1. The second-order valence-electron chi connectivity index (χ2n) is 7.95. The molecule has 0 unspecified atom stereocenters. The topological polar surface area (TPSA) is 73.6 Å². The fraction of sp³-hybridized carbons (Fsp3) is 0.231. The number of nitrogens with one attached hydrogen (secondary N) is 1. The molecule has 0 saturated heterocycles. The minimum absolute atomic E-state index is 0.274. The molecule has 164 valence electrons. The van der Waals surface area contributed by atoms with Crippen LogP contribution < -0.4 is 14.8 Å². The third kappa shape index (κ3) is 4.17. The van der Waals surface area contributed by atoms with Crippen LogP contribution in [0.1, 0.15) is 41.3 Å². The highest BCUT2D eigenvalue weighted by atomic mass is 16.5. The molecule has 32 heavy (non-hydrogen) atoms. The number of carbonyl (C=O) groups excluding carboxylic acids is 1. The Morgan fingerprint density at radius 2 is 1.81 bits per heavy atom. The molecule has 0 atom stereocenters. The maximum Gasteiger partial charge on any atom is 0.259 e. The standard InChI is InChI=1S/C26H26N2O4/c1-15(2)17-8-11-23-22(12-17)28-26(32-23)18-7-6-16(3)21(13-18)27-25(29)20-10-9-19(30-4)14-24(20)31-5/h6-15H,1-5H3,(H,27,29). The SMILES string of the molecule is COc1ccc(C(=O)Nc2cc(-c3nc4cc(C(C)C)ccc4o3)ccc2C)c(OC)c1. The zero-order valence-electron chi connectivity index (χ0n) is 18.9. The highest BCUT2D eigenvalue weighted by Crippen LogP contribution is 2.31. The van der Waals surface area contributed by atoms with Gasteiger partial charge in [0.1, 0.15) is 17.0 Å². The van der Waals surface area contributed by atoms with Crippen LogP contribution in [0.2, 0.25) is 0 Å². The summed E-state index contributed by atoms with van der Waals surface area (Å²) in [6, 6.07) is 16.9. The Morgan fingerprint density at radius 1 is 1.00 bits per heavy atom. The fourth-order valence-electron chi connectivity index (χ4n) is 3.49. The largest absolute Gasteiger partial charge is 0.497 e. The Balaban J connectivity index is 1.65. The van der Waals surface area contributed by atoms with E-state index in [2.05, 4.69) is 36.3 Å². The Labute approximate surface area is 187 Å². The van der Waals surface area contributed by atoms with Gasteiger partial charge in [-0.15, -0.1) is 0 Å². The molecule has 3 aromatic carbocycles. The average molecular weight is 431 g/mol. The van der Waals surface area contributed by atoms with Gasteiger partial charge in [-0.3, -0.25) is 4.79 Å². The summed E-state index contributed by atoms with van der Waals surface area (Å²) in [7, 11) is 3.09. The van der Waals surface area contributed by atoms with E-state index >= 15 is 0 Å². The Morgan fingerprint density at radius 3 is 2.53 bits per heavy atom. The van der Waals surface area contributed by atoms with E-state index < -0.39 is 0 Å². The second-order valence-corrected chi connectivity index (χ2v) is 7.95. The number of benzene rings is 3. The molecule has 1 N–H and O–H groups in total. The number of anilines is 1. The molecule has 0 radical (unpaired) electrons. The van der Waals surface area contributed by atoms with E-state index in [1.807, 2.05) is 31.2 Å². The minimum atomic E-state index is -0.274. The zero-order valence-corrected chi connectivity index (χ0v) is 18.9. The van der Waals surface area contributed by atoms with Gasteiger partial charge >= 0.3 is 0 Å². The predicted octanol–water partition coefficient (Wildman–Crippen LogP) is 6.20. The average Bonchev–Trinajstić information content (AvgIpc) is 3.23. The van der Waals surface area contributed by atoms with E-state index in [4.69, 9.17) is 13.9 Å². The summed E-state index contributed by atoms with van der Waals surface area (Å²) in [4.78, 5) is 17.6. The molecule has 6 heteroatoms. The van der Waals surface area contributed by atoms with Crippen molar-refractivity contribution in [3.63, 3.8) is 0 Å². The molecule has 0 aliphatic rings. The number of methoxy groups -OCH3 is 2. The molecular formula is C26H26N2O4. The third-order valence-electron chi connectivity index (χ3n) is 5.46. The Bertz CT molecular complexity index is 1290. The van der Waals surface area contributed by atoms with Crippen LogP contribution in [-0.2, 0) is 0 Å². The van der Waals surface area contributed by atoms with Crippen molar-refractivity contribution in [2.45, 2.75) is 26.7 Å². The van der Waals surface area contributed by atoms with Gasteiger partial charge in [0.2, 0.25) is 5.89 Å². The van der Waals surface area contributed by atoms with Gasteiger partial charge in [0, 0.05) is 17.3 Å². The number of nitrogens with zero attached hydrogens (tertiary/aromatic N) is 1. The van der Waals surface area contributed by atoms with Gasteiger partial charge in [-0.2, -0.15) is 0 Å². The minimum Gasteiger partial charge on any atom is -0.497 e. The first-order valence-corrected chi connectivity index (χ1v) is 10.4. The van der Waals surface area contributed by atoms with Crippen LogP contribution in [0.25, 0.3) is 22.6 Å². The third-order valence-corrected chi connectivity index (χ3v) is 5.46. The van der Waals surface area contributed by atoms with Crippen molar-refractivity contribution in [3.05, 3.63) is 71.3 Å². The fourth-order valence-corrected chi connectivity index (χ4v) is 3.49. The molecule has 1 heterocycles. The highest BCUT2D eigenvalue weighted by molar-refractivity contribution is 6.07. The summed E-state index contributed by atoms with van der Waals surface area (Å²) >= 11 is 0. The van der Waals surface area contributed by atoms with Crippen molar-refractivity contribution in [1.82, 2.24) is 4.98 Å². The summed E-state index contributed by atoms with van der Waals surface area (Å²) in [6.45, 7) is 6.23. The molecule has 1 aromatic heterocycles.